The third kappa shape index (κ3) is 3.05. The minimum atomic E-state index is 0.748. The normalized spacial score (nSPS) is 10.6. The number of rotatable bonds is 4. The molecule has 0 aliphatic rings. The maximum Gasteiger partial charge on any atom is 0.221 e. The molecule has 0 N–H and O–H groups in total. The van der Waals surface area contributed by atoms with Crippen LogP contribution in [0.5, 0.6) is 10.9 Å². The molecule has 0 radical (unpaired) electrons. The summed E-state index contributed by atoms with van der Waals surface area (Å²) in [6.07, 6.45) is 3.52. The van der Waals surface area contributed by atoms with E-state index in [9.17, 15) is 0 Å². The van der Waals surface area contributed by atoms with Crippen LogP contribution < -0.4 is 4.74 Å². The second-order valence-corrected chi connectivity index (χ2v) is 6.43. The van der Waals surface area contributed by atoms with Gasteiger partial charge in [0.05, 0.1) is 22.9 Å². The highest BCUT2D eigenvalue weighted by molar-refractivity contribution is 9.11. The van der Waals surface area contributed by atoms with Gasteiger partial charge in [0.25, 0.3) is 0 Å². The summed E-state index contributed by atoms with van der Waals surface area (Å²) in [5, 5.41) is 0.849. The van der Waals surface area contributed by atoms with E-state index in [1.807, 2.05) is 34.9 Å². The van der Waals surface area contributed by atoms with Crippen LogP contribution in [0.15, 0.2) is 58.8 Å². The van der Waals surface area contributed by atoms with Crippen LogP contribution in [0.1, 0.15) is 5.56 Å². The average Bonchev–Trinajstić information content (AvgIpc) is 3.01. The first kappa shape index (κ1) is 12.4. The fourth-order valence-corrected chi connectivity index (χ4v) is 2.95. The number of imidazole rings is 1. The second-order valence-electron chi connectivity index (χ2n) is 4.01. The highest BCUT2D eigenvalue weighted by atomic mass is 79.9. The first-order valence-corrected chi connectivity index (χ1v) is 7.39. The minimum Gasteiger partial charge on any atom is -0.428 e. The number of hydrogen-bond donors (Lipinski definition) is 0. The molecule has 0 unspecified atom stereocenters. The Kier molecular flexibility index (Phi) is 3.66. The van der Waals surface area contributed by atoms with E-state index in [1.54, 1.807) is 23.9 Å². The summed E-state index contributed by atoms with van der Waals surface area (Å²) in [6.45, 7) is 0.753. The predicted octanol–water partition coefficient (Wildman–Crippen LogP) is 4.55. The van der Waals surface area contributed by atoms with Gasteiger partial charge in [-0.2, -0.15) is 0 Å². The number of aromatic nitrogens is 2. The van der Waals surface area contributed by atoms with Gasteiger partial charge in [-0.15, -0.1) is 0 Å². The van der Waals surface area contributed by atoms with Gasteiger partial charge in [-0.1, -0.05) is 41.7 Å². The lowest BCUT2D eigenvalue weighted by Crippen LogP contribution is -1.99. The molecule has 19 heavy (non-hydrogen) atoms. The highest BCUT2D eigenvalue weighted by Gasteiger charge is 2.07. The number of hydrogen-bond acceptors (Lipinski definition) is 3. The lowest BCUT2D eigenvalue weighted by Gasteiger charge is -2.07. The lowest BCUT2D eigenvalue weighted by atomic mass is 10.2. The van der Waals surface area contributed by atoms with Crippen molar-refractivity contribution in [2.75, 3.05) is 0 Å². The molecule has 3 rings (SSSR count). The molecule has 0 bridgehead atoms. The first-order chi connectivity index (χ1) is 9.31. The molecule has 0 fully saturated rings. The SMILES string of the molecule is Brc1ccc(Oc2cncn2Cc2ccccc2)s1. The van der Waals surface area contributed by atoms with Gasteiger partial charge in [-0.3, -0.25) is 4.57 Å². The molecule has 0 spiro atoms. The summed E-state index contributed by atoms with van der Waals surface area (Å²) in [4.78, 5) is 4.15. The Morgan fingerprint density at radius 3 is 2.74 bits per heavy atom. The molecule has 0 saturated carbocycles. The fourth-order valence-electron chi connectivity index (χ4n) is 1.75. The van der Waals surface area contributed by atoms with Crippen molar-refractivity contribution < 1.29 is 4.74 Å². The molecule has 0 saturated heterocycles. The van der Waals surface area contributed by atoms with Crippen molar-refractivity contribution in [3.05, 3.63) is 64.3 Å². The number of nitrogens with zero attached hydrogens (tertiary/aromatic N) is 2. The first-order valence-electron chi connectivity index (χ1n) is 5.78. The van der Waals surface area contributed by atoms with Crippen LogP contribution in [0.3, 0.4) is 0 Å². The van der Waals surface area contributed by atoms with Gasteiger partial charge in [0.2, 0.25) is 5.88 Å². The number of benzene rings is 1. The maximum absolute atomic E-state index is 5.83. The summed E-state index contributed by atoms with van der Waals surface area (Å²) < 4.78 is 8.87. The van der Waals surface area contributed by atoms with Crippen LogP contribution >= 0.6 is 27.3 Å². The molecule has 0 amide bonds. The summed E-state index contributed by atoms with van der Waals surface area (Å²) in [6, 6.07) is 14.2. The van der Waals surface area contributed by atoms with Crippen molar-refractivity contribution in [1.82, 2.24) is 9.55 Å². The van der Waals surface area contributed by atoms with Gasteiger partial charge in [0, 0.05) is 0 Å². The van der Waals surface area contributed by atoms with Gasteiger partial charge in [-0.05, 0) is 33.6 Å². The highest BCUT2D eigenvalue weighted by Crippen LogP contribution is 2.32. The van der Waals surface area contributed by atoms with E-state index >= 15 is 0 Å². The Hall–Kier alpha value is -1.59. The van der Waals surface area contributed by atoms with Crippen LogP contribution in [0.2, 0.25) is 0 Å². The van der Waals surface area contributed by atoms with Crippen LogP contribution in [0.25, 0.3) is 0 Å². The van der Waals surface area contributed by atoms with Crippen molar-refractivity contribution in [2.45, 2.75) is 6.54 Å². The zero-order valence-corrected chi connectivity index (χ0v) is 12.4. The molecule has 5 heteroatoms. The van der Waals surface area contributed by atoms with Crippen LogP contribution in [-0.2, 0) is 6.54 Å². The van der Waals surface area contributed by atoms with Gasteiger partial charge in [-0.25, -0.2) is 4.98 Å². The average molecular weight is 335 g/mol. The topological polar surface area (TPSA) is 27.1 Å². The molecule has 96 valence electrons. The quantitative estimate of drug-likeness (QED) is 0.699. The standard InChI is InChI=1S/C14H11BrN2OS/c15-12-6-7-14(19-12)18-13-8-16-10-17(13)9-11-4-2-1-3-5-11/h1-8,10H,9H2. The van der Waals surface area contributed by atoms with Gasteiger partial charge in [0.1, 0.15) is 0 Å². The summed E-state index contributed by atoms with van der Waals surface area (Å²) >= 11 is 4.98. The Labute approximate surface area is 123 Å². The third-order valence-corrected chi connectivity index (χ3v) is 4.13. The number of thiophene rings is 1. The van der Waals surface area contributed by atoms with E-state index in [0.29, 0.717) is 0 Å². The molecule has 0 aliphatic heterocycles. The Morgan fingerprint density at radius 1 is 1.16 bits per heavy atom. The molecule has 0 aliphatic carbocycles. The largest absolute Gasteiger partial charge is 0.428 e. The van der Waals surface area contributed by atoms with Gasteiger partial charge in [0.15, 0.2) is 5.06 Å². The number of halogens is 1. The van der Waals surface area contributed by atoms with Crippen molar-refractivity contribution in [3.8, 4) is 10.9 Å². The van der Waals surface area contributed by atoms with E-state index < -0.39 is 0 Å². The lowest BCUT2D eigenvalue weighted by molar-refractivity contribution is 0.447. The Morgan fingerprint density at radius 2 is 2.00 bits per heavy atom. The fraction of sp³-hybridized carbons (Fsp3) is 0.0714. The van der Waals surface area contributed by atoms with E-state index in [1.165, 1.54) is 5.56 Å². The van der Waals surface area contributed by atoms with Crippen molar-refractivity contribution in [1.29, 1.82) is 0 Å². The van der Waals surface area contributed by atoms with Crippen LogP contribution in [0.4, 0.5) is 0 Å². The second kappa shape index (κ2) is 5.59. The van der Waals surface area contributed by atoms with E-state index in [2.05, 4.69) is 33.0 Å². The predicted molar refractivity (Wildman–Crippen MR) is 79.9 cm³/mol. The number of ether oxygens (including phenoxy) is 1. The third-order valence-electron chi connectivity index (χ3n) is 2.62. The van der Waals surface area contributed by atoms with Gasteiger partial charge >= 0.3 is 0 Å². The molecule has 2 aromatic heterocycles. The van der Waals surface area contributed by atoms with Gasteiger partial charge < -0.3 is 4.74 Å². The van der Waals surface area contributed by atoms with E-state index in [0.717, 1.165) is 21.3 Å². The molecule has 3 aromatic rings. The molecule has 1 aromatic carbocycles. The van der Waals surface area contributed by atoms with Crippen LogP contribution in [-0.4, -0.2) is 9.55 Å². The zero-order valence-electron chi connectivity index (χ0n) is 9.99. The smallest absolute Gasteiger partial charge is 0.221 e. The van der Waals surface area contributed by atoms with Crippen molar-refractivity contribution in [2.24, 2.45) is 0 Å². The van der Waals surface area contributed by atoms with Crippen LogP contribution in [0, 0.1) is 0 Å². The molecular weight excluding hydrogens is 324 g/mol. The zero-order chi connectivity index (χ0) is 13.1. The van der Waals surface area contributed by atoms with Crippen molar-refractivity contribution >= 4 is 27.3 Å². The van der Waals surface area contributed by atoms with E-state index in [4.69, 9.17) is 4.74 Å². The van der Waals surface area contributed by atoms with Crippen molar-refractivity contribution in [3.63, 3.8) is 0 Å². The maximum atomic E-state index is 5.83. The molecular formula is C14H11BrN2OS. The minimum absolute atomic E-state index is 0.748. The molecule has 3 nitrogen and oxygen atoms in total. The Balaban J connectivity index is 1.79. The molecule has 2 heterocycles. The summed E-state index contributed by atoms with van der Waals surface area (Å²) in [5.74, 6) is 0.748. The Bertz CT molecular complexity index is 663. The van der Waals surface area contributed by atoms with E-state index in [-0.39, 0.29) is 0 Å². The summed E-state index contributed by atoms with van der Waals surface area (Å²) in [7, 11) is 0. The monoisotopic (exact) mass is 334 g/mol. The summed E-state index contributed by atoms with van der Waals surface area (Å²) in [5.41, 5.74) is 1.22. The molecule has 0 atom stereocenters.